The summed E-state index contributed by atoms with van der Waals surface area (Å²) >= 11 is 0. The molecule has 122 valence electrons. The Morgan fingerprint density at radius 1 is 1.10 bits per heavy atom. The summed E-state index contributed by atoms with van der Waals surface area (Å²) in [4.78, 5) is 17.1. The quantitative estimate of drug-likeness (QED) is 0.846. The van der Waals surface area contributed by atoms with Crippen molar-refractivity contribution in [2.75, 3.05) is 19.6 Å². The van der Waals surface area contributed by atoms with Gasteiger partial charge in [0.25, 0.3) is 0 Å². The predicted octanol–water partition coefficient (Wildman–Crippen LogP) is 1.87. The highest BCUT2D eigenvalue weighted by Crippen LogP contribution is 2.37. The summed E-state index contributed by atoms with van der Waals surface area (Å²) in [6.07, 6.45) is 6.01. The second-order valence-electron chi connectivity index (χ2n) is 7.29. The Morgan fingerprint density at radius 2 is 1.76 bits per heavy atom. The number of carbonyl (C=O) groups excluding carboxylic acids is 1. The molecule has 2 aliphatic heterocycles. The van der Waals surface area contributed by atoms with Gasteiger partial charge in [-0.25, -0.2) is 0 Å². The van der Waals surface area contributed by atoms with E-state index in [9.17, 15) is 4.79 Å². The zero-order valence-corrected chi connectivity index (χ0v) is 14.1. The van der Waals surface area contributed by atoms with Crippen molar-refractivity contribution in [1.29, 1.82) is 0 Å². The van der Waals surface area contributed by atoms with Crippen molar-refractivity contribution in [3.63, 3.8) is 0 Å². The molecule has 3 fully saturated rings. The van der Waals surface area contributed by atoms with Crippen LogP contribution in [-0.2, 0) is 4.79 Å². The molecule has 2 heterocycles. The van der Waals surface area contributed by atoms with Gasteiger partial charge in [-0.2, -0.15) is 0 Å². The summed E-state index contributed by atoms with van der Waals surface area (Å²) < 4.78 is 0. The summed E-state index contributed by atoms with van der Waals surface area (Å²) in [5.41, 5.74) is 6.18. The molecule has 1 saturated carbocycles. The van der Waals surface area contributed by atoms with E-state index < -0.39 is 0 Å². The third-order valence-corrected chi connectivity index (χ3v) is 5.83. The summed E-state index contributed by atoms with van der Waals surface area (Å²) in [6.45, 7) is 7.12. The van der Waals surface area contributed by atoms with Crippen LogP contribution in [0.2, 0.25) is 0 Å². The Hall–Kier alpha value is -0.320. The number of likely N-dealkylation sites (tertiary alicyclic amines) is 2. The molecule has 2 N–H and O–H groups in total. The van der Waals surface area contributed by atoms with Gasteiger partial charge in [-0.1, -0.05) is 0 Å². The monoisotopic (exact) mass is 315 g/mol. The van der Waals surface area contributed by atoms with Crippen LogP contribution < -0.4 is 5.73 Å². The third kappa shape index (κ3) is 3.38. The fraction of sp³-hybridized carbons (Fsp3) is 0.938. The van der Waals surface area contributed by atoms with Gasteiger partial charge >= 0.3 is 0 Å². The van der Waals surface area contributed by atoms with Crippen molar-refractivity contribution >= 4 is 18.3 Å². The van der Waals surface area contributed by atoms with E-state index in [1.807, 2.05) is 0 Å². The van der Waals surface area contributed by atoms with Crippen LogP contribution in [0.3, 0.4) is 0 Å². The van der Waals surface area contributed by atoms with Gasteiger partial charge in [0.15, 0.2) is 0 Å². The van der Waals surface area contributed by atoms with Gasteiger partial charge in [0.1, 0.15) is 0 Å². The second kappa shape index (κ2) is 6.84. The molecule has 0 bridgehead atoms. The lowest BCUT2D eigenvalue weighted by molar-refractivity contribution is -0.138. The largest absolute Gasteiger partial charge is 0.336 e. The van der Waals surface area contributed by atoms with E-state index in [-0.39, 0.29) is 12.4 Å². The minimum atomic E-state index is 0. The van der Waals surface area contributed by atoms with Crippen molar-refractivity contribution in [2.45, 2.75) is 64.1 Å². The molecule has 0 spiro atoms. The van der Waals surface area contributed by atoms with Crippen molar-refractivity contribution in [3.05, 3.63) is 0 Å². The molecule has 1 amide bonds. The van der Waals surface area contributed by atoms with Crippen molar-refractivity contribution in [2.24, 2.45) is 17.6 Å². The van der Waals surface area contributed by atoms with Crippen LogP contribution in [-0.4, -0.2) is 53.5 Å². The van der Waals surface area contributed by atoms with Gasteiger partial charge in [0.05, 0.1) is 6.54 Å². The van der Waals surface area contributed by atoms with E-state index in [2.05, 4.69) is 23.6 Å². The van der Waals surface area contributed by atoms with Crippen LogP contribution in [0.5, 0.6) is 0 Å². The Balaban J connectivity index is 0.00000161. The van der Waals surface area contributed by atoms with E-state index in [1.54, 1.807) is 0 Å². The molecule has 1 aliphatic carbocycles. The number of rotatable bonds is 2. The maximum Gasteiger partial charge on any atom is 0.237 e. The van der Waals surface area contributed by atoms with Crippen molar-refractivity contribution in [1.82, 2.24) is 9.80 Å². The van der Waals surface area contributed by atoms with Crippen LogP contribution in [0, 0.1) is 11.8 Å². The topological polar surface area (TPSA) is 49.6 Å². The van der Waals surface area contributed by atoms with E-state index >= 15 is 0 Å². The first kappa shape index (κ1) is 17.0. The molecule has 0 aromatic carbocycles. The molecule has 0 aromatic rings. The molecule has 3 aliphatic rings. The molecule has 0 radical (unpaired) electrons. The van der Waals surface area contributed by atoms with Crippen LogP contribution in [0.15, 0.2) is 0 Å². The first-order valence-electron chi connectivity index (χ1n) is 8.35. The molecular formula is C16H30ClN3O. The smallest absolute Gasteiger partial charge is 0.237 e. The summed E-state index contributed by atoms with van der Waals surface area (Å²) in [6, 6.07) is 1.19. The van der Waals surface area contributed by atoms with Crippen LogP contribution >= 0.6 is 12.4 Å². The minimum Gasteiger partial charge on any atom is -0.336 e. The lowest BCUT2D eigenvalue weighted by atomic mass is 9.97. The van der Waals surface area contributed by atoms with E-state index in [0.29, 0.717) is 36.5 Å². The van der Waals surface area contributed by atoms with E-state index in [1.165, 1.54) is 19.3 Å². The first-order valence-corrected chi connectivity index (χ1v) is 8.35. The molecule has 3 rings (SSSR count). The number of carbonyl (C=O) groups is 1. The normalized spacial score (nSPS) is 40.0. The van der Waals surface area contributed by atoms with Gasteiger partial charge in [-0.3, -0.25) is 9.69 Å². The maximum absolute atomic E-state index is 12.6. The number of fused-ring (bicyclic) bond motifs is 1. The molecular weight excluding hydrogens is 286 g/mol. The van der Waals surface area contributed by atoms with Crippen LogP contribution in [0.4, 0.5) is 0 Å². The van der Waals surface area contributed by atoms with Gasteiger partial charge in [0, 0.05) is 31.2 Å². The Labute approximate surface area is 134 Å². The third-order valence-electron chi connectivity index (χ3n) is 5.83. The van der Waals surface area contributed by atoms with Gasteiger partial charge in [-0.15, -0.1) is 12.4 Å². The summed E-state index contributed by atoms with van der Waals surface area (Å²) in [5.74, 6) is 1.71. The minimum absolute atomic E-state index is 0. The molecule has 21 heavy (non-hydrogen) atoms. The lowest BCUT2D eigenvalue weighted by Crippen LogP contribution is -2.51. The molecule has 2 saturated heterocycles. The fourth-order valence-corrected chi connectivity index (χ4v) is 4.71. The highest BCUT2D eigenvalue weighted by Gasteiger charge is 2.42. The molecule has 5 unspecified atom stereocenters. The van der Waals surface area contributed by atoms with Gasteiger partial charge in [-0.05, 0) is 57.8 Å². The van der Waals surface area contributed by atoms with E-state index in [4.69, 9.17) is 5.73 Å². The lowest BCUT2D eigenvalue weighted by Gasteiger charge is -2.40. The van der Waals surface area contributed by atoms with E-state index in [0.717, 1.165) is 31.8 Å². The summed E-state index contributed by atoms with van der Waals surface area (Å²) in [7, 11) is 0. The molecule has 0 aromatic heterocycles. The number of halogens is 1. The molecule has 4 nitrogen and oxygen atoms in total. The number of amides is 1. The Kier molecular flexibility index (Phi) is 5.55. The average molecular weight is 316 g/mol. The number of hydrogen-bond acceptors (Lipinski definition) is 3. The zero-order valence-electron chi connectivity index (χ0n) is 13.3. The highest BCUT2D eigenvalue weighted by molar-refractivity contribution is 5.85. The first-order chi connectivity index (χ1) is 9.56. The average Bonchev–Trinajstić information content (AvgIpc) is 2.92. The predicted molar refractivity (Wildman–Crippen MR) is 87.5 cm³/mol. The molecule has 5 atom stereocenters. The number of nitrogens with two attached hydrogens (primary N) is 1. The highest BCUT2D eigenvalue weighted by atomic mass is 35.5. The SMILES string of the molecule is CC1CCCC(C)N1C(=O)CN1CC2CCC(N)C2C1.Cl. The van der Waals surface area contributed by atoms with Crippen molar-refractivity contribution < 1.29 is 4.79 Å². The Morgan fingerprint density at radius 3 is 2.38 bits per heavy atom. The van der Waals surface area contributed by atoms with Crippen molar-refractivity contribution in [3.8, 4) is 0 Å². The summed E-state index contributed by atoms with van der Waals surface area (Å²) in [5, 5.41) is 0. The fourth-order valence-electron chi connectivity index (χ4n) is 4.71. The van der Waals surface area contributed by atoms with Crippen LogP contribution in [0.25, 0.3) is 0 Å². The second-order valence-corrected chi connectivity index (χ2v) is 7.29. The number of piperidine rings is 1. The number of nitrogens with zero attached hydrogens (tertiary/aromatic N) is 2. The zero-order chi connectivity index (χ0) is 14.3. The van der Waals surface area contributed by atoms with Crippen LogP contribution in [0.1, 0.15) is 46.0 Å². The maximum atomic E-state index is 12.6. The Bertz CT molecular complexity index is 369. The number of hydrogen-bond donors (Lipinski definition) is 1. The standard InChI is InChI=1S/C16H29N3O.ClH/c1-11-4-3-5-12(2)19(11)16(20)10-18-8-13-6-7-15(17)14(13)9-18;/h11-15H,3-10,17H2,1-2H3;1H. The van der Waals surface area contributed by atoms with Gasteiger partial charge in [0.2, 0.25) is 5.91 Å². The van der Waals surface area contributed by atoms with Gasteiger partial charge < -0.3 is 10.6 Å². The molecule has 5 heteroatoms.